The number of hydrogen-bond donors (Lipinski definition) is 0. The Kier molecular flexibility index (Phi) is 18.0. The third-order valence-corrected chi connectivity index (χ3v) is 8.18. The Morgan fingerprint density at radius 3 is 2.12 bits per heavy atom. The summed E-state index contributed by atoms with van der Waals surface area (Å²) >= 11 is 0. The van der Waals surface area contributed by atoms with Crippen molar-refractivity contribution in [2.24, 2.45) is 11.3 Å². The average molecular weight is 597 g/mol. The number of para-hydroxylation sites is 1. The van der Waals surface area contributed by atoms with Gasteiger partial charge in [-0.05, 0) is 30.0 Å². The van der Waals surface area contributed by atoms with Crippen molar-refractivity contribution in [3.63, 3.8) is 0 Å². The third kappa shape index (κ3) is 16.1. The van der Waals surface area contributed by atoms with Crippen molar-refractivity contribution in [1.29, 1.82) is 0 Å². The molecule has 43 heavy (non-hydrogen) atoms. The van der Waals surface area contributed by atoms with Crippen LogP contribution in [0.15, 0.2) is 54.6 Å². The first kappa shape index (κ1) is 35.6. The summed E-state index contributed by atoms with van der Waals surface area (Å²) in [7, 11) is 0. The van der Waals surface area contributed by atoms with Gasteiger partial charge in [0.1, 0.15) is 12.4 Å². The average Bonchev–Trinajstić information content (AvgIpc) is 3.01. The second-order valence-corrected chi connectivity index (χ2v) is 13.2. The van der Waals surface area contributed by atoms with Crippen LogP contribution in [0.5, 0.6) is 5.75 Å². The molecule has 0 saturated carbocycles. The summed E-state index contributed by atoms with van der Waals surface area (Å²) in [5.41, 5.74) is 2.33. The molecule has 3 rings (SSSR count). The zero-order valence-electron chi connectivity index (χ0n) is 27.5. The van der Waals surface area contributed by atoms with Crippen molar-refractivity contribution in [2.75, 3.05) is 46.2 Å². The van der Waals surface area contributed by atoms with E-state index in [9.17, 15) is 0 Å². The molecule has 2 unspecified atom stereocenters. The standard InChI is InChI=1S/C38H60O5/c1-4-5-6-7-8-9-10-11-12-16-22-36-30-41-32-38(2,3)31-40-25-24-39-27-34(29-42-36)26-35-21-17-18-23-37(35)43-28-33-19-14-13-15-20-33/h13-15,17-21,23,34,36H,4-12,16,22,24-32H2,1-3H3. The topological polar surface area (TPSA) is 46.2 Å². The fourth-order valence-electron chi connectivity index (χ4n) is 5.60. The third-order valence-electron chi connectivity index (χ3n) is 8.18. The Hall–Kier alpha value is -1.92. The fraction of sp³-hybridized carbons (Fsp3) is 0.684. The molecule has 0 spiro atoms. The van der Waals surface area contributed by atoms with Gasteiger partial charge in [0.05, 0.1) is 52.4 Å². The lowest BCUT2D eigenvalue weighted by Crippen LogP contribution is -2.32. The molecule has 2 aromatic carbocycles. The lowest BCUT2D eigenvalue weighted by molar-refractivity contribution is -0.0804. The van der Waals surface area contributed by atoms with Gasteiger partial charge >= 0.3 is 0 Å². The molecule has 1 aliphatic rings. The first-order valence-electron chi connectivity index (χ1n) is 17.1. The second kappa shape index (κ2) is 21.7. The molecule has 1 heterocycles. The van der Waals surface area contributed by atoms with E-state index >= 15 is 0 Å². The SMILES string of the molecule is CCCCCCCCCCCCC1COCC(C)(C)COCCOCC(Cc2ccccc2OCc2ccccc2)CO1. The molecule has 242 valence electrons. The van der Waals surface area contributed by atoms with Crippen LogP contribution in [0, 0.1) is 11.3 Å². The normalized spacial score (nSPS) is 20.3. The quantitative estimate of drug-likeness (QED) is 0.181. The molecule has 0 amide bonds. The van der Waals surface area contributed by atoms with Crippen LogP contribution in [0.2, 0.25) is 0 Å². The maximum absolute atomic E-state index is 6.61. The van der Waals surface area contributed by atoms with Crippen LogP contribution in [0.25, 0.3) is 0 Å². The minimum Gasteiger partial charge on any atom is -0.489 e. The highest BCUT2D eigenvalue weighted by Gasteiger charge is 2.22. The molecule has 0 aromatic heterocycles. The largest absolute Gasteiger partial charge is 0.489 e. The minimum absolute atomic E-state index is 0.0300. The molecule has 2 aromatic rings. The molecular weight excluding hydrogens is 536 g/mol. The van der Waals surface area contributed by atoms with Crippen LogP contribution in [0.4, 0.5) is 0 Å². The van der Waals surface area contributed by atoms with Crippen molar-refractivity contribution in [3.8, 4) is 5.75 Å². The molecule has 5 heteroatoms. The van der Waals surface area contributed by atoms with Crippen molar-refractivity contribution < 1.29 is 23.7 Å². The summed E-state index contributed by atoms with van der Waals surface area (Å²) < 4.78 is 31.2. The van der Waals surface area contributed by atoms with Crippen LogP contribution in [0.1, 0.15) is 103 Å². The first-order chi connectivity index (χ1) is 21.1. The van der Waals surface area contributed by atoms with Crippen LogP contribution in [-0.4, -0.2) is 52.4 Å². The van der Waals surface area contributed by atoms with E-state index in [1.807, 2.05) is 12.1 Å². The zero-order valence-corrected chi connectivity index (χ0v) is 27.5. The number of unbranched alkanes of at least 4 members (excludes halogenated alkanes) is 9. The summed E-state index contributed by atoms with van der Waals surface area (Å²) in [4.78, 5) is 0. The molecule has 0 N–H and O–H groups in total. The van der Waals surface area contributed by atoms with E-state index in [2.05, 4.69) is 63.2 Å². The number of benzene rings is 2. The number of ether oxygens (including phenoxy) is 5. The highest BCUT2D eigenvalue weighted by atomic mass is 16.5. The van der Waals surface area contributed by atoms with E-state index in [1.54, 1.807) is 0 Å². The summed E-state index contributed by atoms with van der Waals surface area (Å²) in [5.74, 6) is 1.15. The van der Waals surface area contributed by atoms with Gasteiger partial charge < -0.3 is 23.7 Å². The molecule has 1 aliphatic heterocycles. The van der Waals surface area contributed by atoms with E-state index in [-0.39, 0.29) is 17.4 Å². The van der Waals surface area contributed by atoms with Gasteiger partial charge in [0, 0.05) is 11.3 Å². The van der Waals surface area contributed by atoms with Gasteiger partial charge in [0.25, 0.3) is 0 Å². The Morgan fingerprint density at radius 2 is 1.35 bits per heavy atom. The van der Waals surface area contributed by atoms with E-state index in [0.29, 0.717) is 52.9 Å². The number of hydrogen-bond acceptors (Lipinski definition) is 5. The molecule has 0 aliphatic carbocycles. The Bertz CT molecular complexity index is 946. The molecule has 0 bridgehead atoms. The van der Waals surface area contributed by atoms with E-state index in [4.69, 9.17) is 23.7 Å². The summed E-state index contributed by atoms with van der Waals surface area (Å²) in [5, 5.41) is 0. The molecule has 5 nitrogen and oxygen atoms in total. The monoisotopic (exact) mass is 596 g/mol. The lowest BCUT2D eigenvalue weighted by Gasteiger charge is -2.28. The fourth-order valence-corrected chi connectivity index (χ4v) is 5.60. The van der Waals surface area contributed by atoms with Crippen LogP contribution in [0.3, 0.4) is 0 Å². The van der Waals surface area contributed by atoms with Crippen LogP contribution in [-0.2, 0) is 32.0 Å². The van der Waals surface area contributed by atoms with Gasteiger partial charge in [0.15, 0.2) is 0 Å². The number of rotatable bonds is 16. The van der Waals surface area contributed by atoms with E-state index in [1.165, 1.54) is 75.3 Å². The van der Waals surface area contributed by atoms with Crippen molar-refractivity contribution >= 4 is 0 Å². The van der Waals surface area contributed by atoms with E-state index < -0.39 is 0 Å². The maximum Gasteiger partial charge on any atom is 0.123 e. The van der Waals surface area contributed by atoms with Gasteiger partial charge in [-0.1, -0.05) is 134 Å². The van der Waals surface area contributed by atoms with Crippen LogP contribution >= 0.6 is 0 Å². The molecule has 1 saturated heterocycles. The zero-order chi connectivity index (χ0) is 30.4. The van der Waals surface area contributed by atoms with E-state index in [0.717, 1.165) is 18.6 Å². The summed E-state index contributed by atoms with van der Waals surface area (Å²) in [6.07, 6.45) is 15.4. The van der Waals surface area contributed by atoms with Gasteiger partial charge in [-0.3, -0.25) is 0 Å². The van der Waals surface area contributed by atoms with Crippen molar-refractivity contribution in [1.82, 2.24) is 0 Å². The highest BCUT2D eigenvalue weighted by Crippen LogP contribution is 2.24. The van der Waals surface area contributed by atoms with Crippen LogP contribution < -0.4 is 4.74 Å². The Morgan fingerprint density at radius 1 is 0.698 bits per heavy atom. The Labute approximate surface area is 263 Å². The molecule has 2 atom stereocenters. The first-order valence-corrected chi connectivity index (χ1v) is 17.1. The molecule has 0 radical (unpaired) electrons. The van der Waals surface area contributed by atoms with Gasteiger partial charge in [-0.25, -0.2) is 0 Å². The van der Waals surface area contributed by atoms with Gasteiger partial charge in [-0.2, -0.15) is 0 Å². The highest BCUT2D eigenvalue weighted by molar-refractivity contribution is 5.34. The van der Waals surface area contributed by atoms with Crippen molar-refractivity contribution in [2.45, 2.75) is 111 Å². The summed E-state index contributed by atoms with van der Waals surface area (Å²) in [6, 6.07) is 18.7. The Balaban J connectivity index is 1.53. The van der Waals surface area contributed by atoms with Crippen molar-refractivity contribution in [3.05, 3.63) is 65.7 Å². The molecular formula is C38H60O5. The smallest absolute Gasteiger partial charge is 0.123 e. The van der Waals surface area contributed by atoms with Gasteiger partial charge in [-0.15, -0.1) is 0 Å². The predicted octanol–water partition coefficient (Wildman–Crippen LogP) is 9.21. The predicted molar refractivity (Wildman–Crippen MR) is 177 cm³/mol. The lowest BCUT2D eigenvalue weighted by atomic mass is 9.96. The maximum atomic E-state index is 6.61. The summed E-state index contributed by atoms with van der Waals surface area (Å²) in [6.45, 7) is 11.6. The van der Waals surface area contributed by atoms with Gasteiger partial charge in [0.2, 0.25) is 0 Å². The molecule has 1 fully saturated rings. The minimum atomic E-state index is -0.0300. The second-order valence-electron chi connectivity index (χ2n) is 13.2.